The number of anilines is 4. The van der Waals surface area contributed by atoms with Gasteiger partial charge in [0.05, 0.1) is 0 Å². The van der Waals surface area contributed by atoms with Gasteiger partial charge in [0.1, 0.15) is 0 Å². The summed E-state index contributed by atoms with van der Waals surface area (Å²) in [6, 6.07) is 26.4. The van der Waals surface area contributed by atoms with Crippen molar-refractivity contribution in [2.75, 3.05) is 9.80 Å². The third-order valence-corrected chi connectivity index (χ3v) is 4.02. The molecule has 3 aromatic carbocycles. The Labute approximate surface area is 153 Å². The molecule has 0 N–H and O–H groups in total. The van der Waals surface area contributed by atoms with Gasteiger partial charge in [0.25, 0.3) is 0 Å². The number of nitrogens with zero attached hydrogens (tertiary/aromatic N) is 2. The van der Waals surface area contributed by atoms with E-state index in [0.717, 1.165) is 22.7 Å². The fourth-order valence-corrected chi connectivity index (χ4v) is 2.93. The van der Waals surface area contributed by atoms with Gasteiger partial charge in [-0.1, -0.05) is 36.4 Å². The van der Waals surface area contributed by atoms with E-state index in [4.69, 9.17) is 0 Å². The lowest BCUT2D eigenvalue weighted by Crippen LogP contribution is -2.24. The Kier molecular flexibility index (Phi) is 5.13. The molecule has 0 fully saturated rings. The first-order valence-corrected chi connectivity index (χ1v) is 8.39. The maximum absolute atomic E-state index is 12.2. The molecule has 0 aromatic heterocycles. The largest absolute Gasteiger partial charge is 0.281 e. The fraction of sp³-hybridized carbons (Fsp3) is 0.0909. The Morgan fingerprint density at radius 3 is 1.04 bits per heavy atom. The smallest absolute Gasteiger partial charge is 0.228 e. The highest BCUT2D eigenvalue weighted by molar-refractivity contribution is 6.01. The Bertz CT molecular complexity index is 814. The van der Waals surface area contributed by atoms with Gasteiger partial charge in [0.15, 0.2) is 0 Å². The molecule has 0 unspecified atom stereocenters. The Morgan fingerprint density at radius 2 is 0.769 bits per heavy atom. The van der Waals surface area contributed by atoms with Crippen LogP contribution in [0.5, 0.6) is 0 Å². The molecule has 2 amide bonds. The lowest BCUT2D eigenvalue weighted by atomic mass is 10.2. The van der Waals surface area contributed by atoms with Crippen LogP contribution in [-0.2, 0) is 9.59 Å². The predicted octanol–water partition coefficient (Wildman–Crippen LogP) is 5.06. The van der Waals surface area contributed by atoms with Crippen LogP contribution in [0.25, 0.3) is 0 Å². The summed E-state index contributed by atoms with van der Waals surface area (Å²) in [7, 11) is 0. The molecule has 3 aromatic rings. The van der Waals surface area contributed by atoms with Crippen LogP contribution >= 0.6 is 0 Å². The molecule has 0 spiro atoms. The van der Waals surface area contributed by atoms with Crippen molar-refractivity contribution in [1.29, 1.82) is 0 Å². The lowest BCUT2D eigenvalue weighted by molar-refractivity contribution is -0.116. The van der Waals surface area contributed by atoms with Crippen LogP contribution in [0, 0.1) is 0 Å². The summed E-state index contributed by atoms with van der Waals surface area (Å²) < 4.78 is 0. The van der Waals surface area contributed by atoms with Gasteiger partial charge < -0.3 is 0 Å². The average molecular weight is 344 g/mol. The van der Waals surface area contributed by atoms with Crippen LogP contribution in [0.15, 0.2) is 84.9 Å². The Balaban J connectivity index is 1.96. The van der Waals surface area contributed by atoms with Crippen LogP contribution in [0.2, 0.25) is 0 Å². The molecular formula is C22H20N2O2. The summed E-state index contributed by atoms with van der Waals surface area (Å²) in [6.45, 7) is 3.07. The van der Waals surface area contributed by atoms with E-state index in [1.807, 2.05) is 84.9 Å². The number of hydrogen-bond donors (Lipinski definition) is 0. The molecule has 4 heteroatoms. The van der Waals surface area contributed by atoms with E-state index in [9.17, 15) is 9.59 Å². The van der Waals surface area contributed by atoms with Crippen molar-refractivity contribution in [1.82, 2.24) is 0 Å². The summed E-state index contributed by atoms with van der Waals surface area (Å²) in [6.07, 6.45) is 0. The third-order valence-electron chi connectivity index (χ3n) is 4.02. The van der Waals surface area contributed by atoms with Crippen LogP contribution < -0.4 is 9.80 Å². The maximum atomic E-state index is 12.2. The summed E-state index contributed by atoms with van der Waals surface area (Å²) in [5, 5.41) is 0. The van der Waals surface area contributed by atoms with E-state index < -0.39 is 0 Å². The molecule has 0 heterocycles. The summed E-state index contributed by atoms with van der Waals surface area (Å²) >= 11 is 0. The van der Waals surface area contributed by atoms with Crippen molar-refractivity contribution in [3.63, 3.8) is 0 Å². The van der Waals surface area contributed by atoms with Gasteiger partial charge in [-0.15, -0.1) is 0 Å². The molecule has 3 rings (SSSR count). The van der Waals surface area contributed by atoms with Crippen molar-refractivity contribution in [2.45, 2.75) is 13.8 Å². The van der Waals surface area contributed by atoms with Crippen LogP contribution in [0.1, 0.15) is 13.8 Å². The summed E-state index contributed by atoms with van der Waals surface area (Å²) in [5.41, 5.74) is 3.12. The maximum Gasteiger partial charge on any atom is 0.228 e. The molecule has 0 bridgehead atoms. The summed E-state index contributed by atoms with van der Waals surface area (Å²) in [4.78, 5) is 27.6. The van der Waals surface area contributed by atoms with Gasteiger partial charge in [-0.3, -0.25) is 19.4 Å². The normalized spacial score (nSPS) is 10.2. The van der Waals surface area contributed by atoms with Crippen LogP contribution in [0.4, 0.5) is 22.7 Å². The van der Waals surface area contributed by atoms with E-state index in [2.05, 4.69) is 0 Å². The highest BCUT2D eigenvalue weighted by Gasteiger charge is 2.17. The third kappa shape index (κ3) is 3.64. The minimum atomic E-state index is -0.0737. The van der Waals surface area contributed by atoms with Crippen LogP contribution in [0.3, 0.4) is 0 Å². The first-order valence-electron chi connectivity index (χ1n) is 8.39. The molecule has 4 nitrogen and oxygen atoms in total. The van der Waals surface area contributed by atoms with E-state index in [0.29, 0.717) is 0 Å². The molecule has 26 heavy (non-hydrogen) atoms. The Hall–Kier alpha value is -3.40. The van der Waals surface area contributed by atoms with Gasteiger partial charge in [0, 0.05) is 36.6 Å². The van der Waals surface area contributed by atoms with E-state index in [-0.39, 0.29) is 11.8 Å². The number of benzene rings is 3. The first kappa shape index (κ1) is 17.4. The highest BCUT2D eigenvalue weighted by atomic mass is 16.2. The quantitative estimate of drug-likeness (QED) is 0.664. The molecule has 0 saturated heterocycles. The number of hydrogen-bond acceptors (Lipinski definition) is 2. The minimum absolute atomic E-state index is 0.0737. The molecule has 0 aliphatic heterocycles. The molecule has 0 aliphatic rings. The number of amides is 2. The van der Waals surface area contributed by atoms with E-state index in [1.54, 1.807) is 9.80 Å². The topological polar surface area (TPSA) is 40.6 Å². The fourth-order valence-electron chi connectivity index (χ4n) is 2.93. The molecular weight excluding hydrogens is 324 g/mol. The van der Waals surface area contributed by atoms with Crippen molar-refractivity contribution in [2.24, 2.45) is 0 Å². The lowest BCUT2D eigenvalue weighted by Gasteiger charge is -2.24. The van der Waals surface area contributed by atoms with Gasteiger partial charge in [0.2, 0.25) is 11.8 Å². The molecule has 130 valence electrons. The van der Waals surface area contributed by atoms with Gasteiger partial charge in [-0.25, -0.2) is 0 Å². The van der Waals surface area contributed by atoms with E-state index >= 15 is 0 Å². The number of carbonyl (C=O) groups excluding carboxylic acids is 2. The second-order valence-electron chi connectivity index (χ2n) is 5.90. The molecule has 0 atom stereocenters. The number of carbonyl (C=O) groups is 2. The molecule has 0 saturated carbocycles. The highest BCUT2D eigenvalue weighted by Crippen LogP contribution is 2.30. The first-order chi connectivity index (χ1) is 12.6. The minimum Gasteiger partial charge on any atom is -0.281 e. The van der Waals surface area contributed by atoms with Crippen LogP contribution in [-0.4, -0.2) is 11.8 Å². The monoisotopic (exact) mass is 344 g/mol. The number of rotatable bonds is 4. The van der Waals surface area contributed by atoms with Gasteiger partial charge in [-0.05, 0) is 48.5 Å². The zero-order valence-corrected chi connectivity index (χ0v) is 14.8. The zero-order chi connectivity index (χ0) is 18.5. The summed E-state index contributed by atoms with van der Waals surface area (Å²) in [5.74, 6) is -0.147. The molecule has 0 aliphatic carbocycles. The number of para-hydroxylation sites is 2. The Morgan fingerprint density at radius 1 is 0.500 bits per heavy atom. The molecule has 0 radical (unpaired) electrons. The van der Waals surface area contributed by atoms with Crippen molar-refractivity contribution >= 4 is 34.6 Å². The predicted molar refractivity (Wildman–Crippen MR) is 105 cm³/mol. The van der Waals surface area contributed by atoms with Gasteiger partial charge >= 0.3 is 0 Å². The SMILES string of the molecule is CC(=O)N(c1ccccc1)c1ccc(N(C(C)=O)c2ccccc2)cc1. The van der Waals surface area contributed by atoms with Crippen molar-refractivity contribution in [3.8, 4) is 0 Å². The van der Waals surface area contributed by atoms with Crippen molar-refractivity contribution in [3.05, 3.63) is 84.9 Å². The second kappa shape index (κ2) is 7.66. The average Bonchev–Trinajstić information content (AvgIpc) is 2.65. The second-order valence-corrected chi connectivity index (χ2v) is 5.90. The standard InChI is InChI=1S/C22H20N2O2/c1-17(25)23(19-9-5-3-6-10-19)21-13-15-22(16-14-21)24(18(2)26)20-11-7-4-8-12-20/h3-16H,1-2H3. The zero-order valence-electron chi connectivity index (χ0n) is 14.8. The van der Waals surface area contributed by atoms with Gasteiger partial charge in [-0.2, -0.15) is 0 Å². The van der Waals surface area contributed by atoms with Crippen molar-refractivity contribution < 1.29 is 9.59 Å². The van der Waals surface area contributed by atoms with E-state index in [1.165, 1.54) is 13.8 Å².